The maximum Gasteiger partial charge on any atom is 0.225 e. The van der Waals surface area contributed by atoms with Gasteiger partial charge in [0, 0.05) is 32.2 Å². The largest absolute Gasteiger partial charge is 0.385 e. The highest BCUT2D eigenvalue weighted by atomic mass is 16.5. The summed E-state index contributed by atoms with van der Waals surface area (Å²) in [6.07, 6.45) is 3.16. The van der Waals surface area contributed by atoms with Crippen molar-refractivity contribution < 1.29 is 4.74 Å². The van der Waals surface area contributed by atoms with Crippen molar-refractivity contribution in [1.82, 2.24) is 9.97 Å². The minimum absolute atomic E-state index is 0.690. The summed E-state index contributed by atoms with van der Waals surface area (Å²) in [5, 5.41) is 7.73. The molecule has 114 valence electrons. The van der Waals surface area contributed by atoms with E-state index in [1.54, 1.807) is 7.11 Å². The van der Waals surface area contributed by atoms with Crippen LogP contribution in [0.3, 0.4) is 0 Å². The SMILES string of the molecule is CCCNc1nc(NCCCCOC)c2ccccc2n1. The van der Waals surface area contributed by atoms with E-state index in [0.717, 1.165) is 55.7 Å². The van der Waals surface area contributed by atoms with E-state index in [1.165, 1.54) is 0 Å². The summed E-state index contributed by atoms with van der Waals surface area (Å²) in [6.45, 7) is 4.70. The second-order valence-electron chi connectivity index (χ2n) is 4.97. The summed E-state index contributed by atoms with van der Waals surface area (Å²) < 4.78 is 5.06. The van der Waals surface area contributed by atoms with Crippen molar-refractivity contribution in [1.29, 1.82) is 0 Å². The average Bonchev–Trinajstić information content (AvgIpc) is 2.52. The third-order valence-electron chi connectivity index (χ3n) is 3.20. The fraction of sp³-hybridized carbons (Fsp3) is 0.500. The Kier molecular flexibility index (Phi) is 6.22. The molecule has 0 spiro atoms. The fourth-order valence-corrected chi connectivity index (χ4v) is 2.11. The van der Waals surface area contributed by atoms with Crippen LogP contribution in [0.25, 0.3) is 10.9 Å². The normalized spacial score (nSPS) is 10.8. The lowest BCUT2D eigenvalue weighted by atomic mass is 10.2. The molecular formula is C16H24N4O. The Bertz CT molecular complexity index is 559. The van der Waals surface area contributed by atoms with E-state index in [2.05, 4.69) is 33.6 Å². The predicted octanol–water partition coefficient (Wildman–Crippen LogP) is 3.29. The van der Waals surface area contributed by atoms with Gasteiger partial charge >= 0.3 is 0 Å². The van der Waals surface area contributed by atoms with Crippen LogP contribution < -0.4 is 10.6 Å². The first-order valence-corrected chi connectivity index (χ1v) is 7.58. The van der Waals surface area contributed by atoms with Gasteiger partial charge < -0.3 is 15.4 Å². The zero-order valence-corrected chi connectivity index (χ0v) is 12.9. The van der Waals surface area contributed by atoms with Crippen molar-refractivity contribution in [3.63, 3.8) is 0 Å². The van der Waals surface area contributed by atoms with Gasteiger partial charge in [0.1, 0.15) is 5.82 Å². The molecule has 0 fully saturated rings. The van der Waals surface area contributed by atoms with E-state index >= 15 is 0 Å². The van der Waals surface area contributed by atoms with Crippen LogP contribution in [0.4, 0.5) is 11.8 Å². The van der Waals surface area contributed by atoms with Crippen LogP contribution in [0.5, 0.6) is 0 Å². The van der Waals surface area contributed by atoms with Gasteiger partial charge in [0.25, 0.3) is 0 Å². The first-order valence-electron chi connectivity index (χ1n) is 7.58. The Balaban J connectivity index is 2.11. The Morgan fingerprint density at radius 2 is 1.90 bits per heavy atom. The molecule has 0 aliphatic heterocycles. The lowest BCUT2D eigenvalue weighted by Gasteiger charge is -2.11. The molecule has 0 bridgehead atoms. The van der Waals surface area contributed by atoms with Gasteiger partial charge in [-0.25, -0.2) is 4.98 Å². The van der Waals surface area contributed by atoms with E-state index in [-0.39, 0.29) is 0 Å². The van der Waals surface area contributed by atoms with Crippen LogP contribution in [-0.4, -0.2) is 36.8 Å². The summed E-state index contributed by atoms with van der Waals surface area (Å²) in [5.41, 5.74) is 0.963. The van der Waals surface area contributed by atoms with Gasteiger partial charge in [0.15, 0.2) is 0 Å². The van der Waals surface area contributed by atoms with Gasteiger partial charge in [-0.1, -0.05) is 19.1 Å². The Labute approximate surface area is 126 Å². The molecule has 5 nitrogen and oxygen atoms in total. The number of methoxy groups -OCH3 is 1. The van der Waals surface area contributed by atoms with Gasteiger partial charge in [-0.15, -0.1) is 0 Å². The topological polar surface area (TPSA) is 59.1 Å². The molecule has 2 rings (SSSR count). The number of nitrogens with one attached hydrogen (secondary N) is 2. The van der Waals surface area contributed by atoms with Gasteiger partial charge in [0.2, 0.25) is 5.95 Å². The smallest absolute Gasteiger partial charge is 0.225 e. The van der Waals surface area contributed by atoms with E-state index < -0.39 is 0 Å². The number of anilines is 2. The predicted molar refractivity (Wildman–Crippen MR) is 87.9 cm³/mol. The summed E-state index contributed by atoms with van der Waals surface area (Å²) in [7, 11) is 1.73. The standard InChI is InChI=1S/C16H24N4O/c1-3-10-18-16-19-14-9-5-4-8-13(14)15(20-16)17-11-6-7-12-21-2/h4-5,8-9H,3,6-7,10-12H2,1-2H3,(H2,17,18,19,20). The summed E-state index contributed by atoms with van der Waals surface area (Å²) in [5.74, 6) is 1.59. The van der Waals surface area contributed by atoms with E-state index in [9.17, 15) is 0 Å². The molecule has 0 unspecified atom stereocenters. The Morgan fingerprint density at radius 1 is 1.05 bits per heavy atom. The average molecular weight is 288 g/mol. The number of para-hydroxylation sites is 1. The molecule has 2 N–H and O–H groups in total. The number of nitrogens with zero attached hydrogens (tertiary/aromatic N) is 2. The molecule has 0 aliphatic carbocycles. The van der Waals surface area contributed by atoms with Crippen molar-refractivity contribution >= 4 is 22.7 Å². The number of aromatic nitrogens is 2. The molecule has 2 aromatic rings. The number of benzene rings is 1. The van der Waals surface area contributed by atoms with Crippen LogP contribution in [0.1, 0.15) is 26.2 Å². The molecule has 0 radical (unpaired) electrons. The van der Waals surface area contributed by atoms with E-state index in [0.29, 0.717) is 5.95 Å². The molecule has 0 atom stereocenters. The molecule has 0 saturated heterocycles. The number of unbranched alkanes of at least 4 members (excludes halogenated alkanes) is 1. The Hall–Kier alpha value is -1.88. The molecule has 5 heteroatoms. The zero-order valence-electron chi connectivity index (χ0n) is 12.9. The first kappa shape index (κ1) is 15.5. The van der Waals surface area contributed by atoms with Gasteiger partial charge in [0.05, 0.1) is 5.52 Å². The molecule has 0 aliphatic rings. The monoisotopic (exact) mass is 288 g/mol. The molecule has 0 saturated carbocycles. The van der Waals surface area contributed by atoms with Gasteiger partial charge in [-0.05, 0) is 31.4 Å². The van der Waals surface area contributed by atoms with Crippen molar-refractivity contribution in [2.45, 2.75) is 26.2 Å². The lowest BCUT2D eigenvalue weighted by molar-refractivity contribution is 0.194. The van der Waals surface area contributed by atoms with Crippen molar-refractivity contribution in [2.75, 3.05) is 37.4 Å². The minimum atomic E-state index is 0.690. The minimum Gasteiger partial charge on any atom is -0.385 e. The van der Waals surface area contributed by atoms with Gasteiger partial charge in [-0.3, -0.25) is 0 Å². The van der Waals surface area contributed by atoms with Crippen LogP contribution in [-0.2, 0) is 4.74 Å². The maximum atomic E-state index is 5.06. The van der Waals surface area contributed by atoms with Crippen molar-refractivity contribution in [3.8, 4) is 0 Å². The quantitative estimate of drug-likeness (QED) is 0.693. The summed E-state index contributed by atoms with van der Waals surface area (Å²) in [6, 6.07) is 8.09. The maximum absolute atomic E-state index is 5.06. The molecule has 1 heterocycles. The van der Waals surface area contributed by atoms with E-state index in [1.807, 2.05) is 18.2 Å². The summed E-state index contributed by atoms with van der Waals surface area (Å²) in [4.78, 5) is 9.14. The van der Waals surface area contributed by atoms with Crippen LogP contribution in [0.15, 0.2) is 24.3 Å². The number of fused-ring (bicyclic) bond motifs is 1. The third kappa shape index (κ3) is 4.56. The lowest BCUT2D eigenvalue weighted by Crippen LogP contribution is -2.09. The highest BCUT2D eigenvalue weighted by Gasteiger charge is 2.06. The highest BCUT2D eigenvalue weighted by Crippen LogP contribution is 2.21. The third-order valence-corrected chi connectivity index (χ3v) is 3.20. The molecule has 1 aromatic heterocycles. The molecule has 0 amide bonds. The number of hydrogen-bond donors (Lipinski definition) is 2. The number of rotatable bonds is 9. The number of ether oxygens (including phenoxy) is 1. The second kappa shape index (κ2) is 8.42. The first-order chi connectivity index (χ1) is 10.3. The molecule has 21 heavy (non-hydrogen) atoms. The second-order valence-corrected chi connectivity index (χ2v) is 4.97. The Morgan fingerprint density at radius 3 is 2.71 bits per heavy atom. The van der Waals surface area contributed by atoms with Crippen LogP contribution in [0.2, 0.25) is 0 Å². The molecular weight excluding hydrogens is 264 g/mol. The van der Waals surface area contributed by atoms with Crippen molar-refractivity contribution in [3.05, 3.63) is 24.3 Å². The van der Waals surface area contributed by atoms with E-state index in [4.69, 9.17) is 4.74 Å². The number of hydrogen-bond acceptors (Lipinski definition) is 5. The molecule has 1 aromatic carbocycles. The van der Waals surface area contributed by atoms with Gasteiger partial charge in [-0.2, -0.15) is 4.98 Å². The fourth-order valence-electron chi connectivity index (χ4n) is 2.11. The zero-order chi connectivity index (χ0) is 14.9. The van der Waals surface area contributed by atoms with Crippen LogP contribution in [0, 0.1) is 0 Å². The van der Waals surface area contributed by atoms with Crippen molar-refractivity contribution in [2.24, 2.45) is 0 Å². The summed E-state index contributed by atoms with van der Waals surface area (Å²) >= 11 is 0. The van der Waals surface area contributed by atoms with Crippen LogP contribution >= 0.6 is 0 Å². The highest BCUT2D eigenvalue weighted by molar-refractivity contribution is 5.89.